The fourth-order valence-corrected chi connectivity index (χ4v) is 3.78. The molecule has 0 atom stereocenters. The third kappa shape index (κ3) is 7.08. The van der Waals surface area contributed by atoms with Crippen molar-refractivity contribution in [3.8, 4) is 12.3 Å². The molecule has 6 heteroatoms. The molecular formula is C32H30N6. The van der Waals surface area contributed by atoms with Crippen molar-refractivity contribution in [3.63, 3.8) is 0 Å². The zero-order valence-corrected chi connectivity index (χ0v) is 21.9. The summed E-state index contributed by atoms with van der Waals surface area (Å²) in [7, 11) is 0. The van der Waals surface area contributed by atoms with Gasteiger partial charge in [-0.2, -0.15) is 20.5 Å². The lowest BCUT2D eigenvalue weighted by Crippen LogP contribution is -2.21. The first-order valence-electron chi connectivity index (χ1n) is 12.6. The Morgan fingerprint density at radius 2 is 1.24 bits per heavy atom. The van der Waals surface area contributed by atoms with Crippen LogP contribution in [-0.4, -0.2) is 19.3 Å². The quantitative estimate of drug-likeness (QED) is 0.129. The first-order chi connectivity index (χ1) is 18.6. The summed E-state index contributed by atoms with van der Waals surface area (Å²) in [5.41, 5.74) is 7.95. The summed E-state index contributed by atoms with van der Waals surface area (Å²) >= 11 is 0. The zero-order valence-electron chi connectivity index (χ0n) is 21.9. The number of hydrogen-bond acceptors (Lipinski definition) is 6. The second-order valence-electron chi connectivity index (χ2n) is 8.60. The van der Waals surface area contributed by atoms with Gasteiger partial charge in [-0.15, -0.1) is 6.42 Å². The van der Waals surface area contributed by atoms with E-state index in [-0.39, 0.29) is 0 Å². The molecule has 0 saturated heterocycles. The molecule has 0 heterocycles. The van der Waals surface area contributed by atoms with Crippen molar-refractivity contribution in [2.45, 2.75) is 20.8 Å². The van der Waals surface area contributed by atoms with Crippen molar-refractivity contribution >= 4 is 40.3 Å². The van der Waals surface area contributed by atoms with Crippen molar-refractivity contribution in [3.05, 3.63) is 108 Å². The van der Waals surface area contributed by atoms with Crippen LogP contribution in [0.2, 0.25) is 0 Å². The van der Waals surface area contributed by atoms with Gasteiger partial charge < -0.3 is 4.90 Å². The molecule has 188 valence electrons. The van der Waals surface area contributed by atoms with Gasteiger partial charge in [0.25, 0.3) is 0 Å². The molecule has 0 unspecified atom stereocenters. The largest absolute Gasteiger partial charge is 0.372 e. The van der Waals surface area contributed by atoms with Crippen LogP contribution in [0.1, 0.15) is 30.5 Å². The summed E-state index contributed by atoms with van der Waals surface area (Å²) < 4.78 is 0. The Balaban J connectivity index is 1.37. The minimum absolute atomic E-state index is 0.761. The molecule has 38 heavy (non-hydrogen) atoms. The van der Waals surface area contributed by atoms with Crippen LogP contribution in [0, 0.1) is 19.3 Å². The lowest BCUT2D eigenvalue weighted by atomic mass is 10.2. The number of terminal acetylenes is 1. The molecule has 0 aliphatic rings. The first-order valence-corrected chi connectivity index (χ1v) is 12.6. The highest BCUT2D eigenvalue weighted by molar-refractivity contribution is 5.82. The predicted octanol–water partition coefficient (Wildman–Crippen LogP) is 9.40. The SMILES string of the molecule is C#Cc1ccc(N=Cc2ccc(N=Nc3ccc(N=Nc4ccc(N(CC)CC)cc4)cc3C)cc2)cc1. The number of azo groups is 2. The van der Waals surface area contributed by atoms with Crippen molar-refractivity contribution in [2.24, 2.45) is 25.4 Å². The average molecular weight is 499 g/mol. The molecule has 0 spiro atoms. The van der Waals surface area contributed by atoms with E-state index in [4.69, 9.17) is 6.42 Å². The number of nitrogens with zero attached hydrogens (tertiary/aromatic N) is 6. The maximum Gasteiger partial charge on any atom is 0.0887 e. The number of aryl methyl sites for hydroxylation is 1. The van der Waals surface area contributed by atoms with E-state index in [0.29, 0.717) is 0 Å². The van der Waals surface area contributed by atoms with E-state index in [9.17, 15) is 0 Å². The third-order valence-electron chi connectivity index (χ3n) is 6.00. The number of hydrogen-bond donors (Lipinski definition) is 0. The molecule has 0 aliphatic carbocycles. The zero-order chi connectivity index (χ0) is 26.7. The van der Waals surface area contributed by atoms with Crippen molar-refractivity contribution in [1.82, 2.24) is 0 Å². The van der Waals surface area contributed by atoms with Crippen LogP contribution in [0.3, 0.4) is 0 Å². The molecule has 0 fully saturated rings. The highest BCUT2D eigenvalue weighted by Gasteiger charge is 2.02. The van der Waals surface area contributed by atoms with Crippen molar-refractivity contribution in [1.29, 1.82) is 0 Å². The maximum absolute atomic E-state index is 5.39. The minimum Gasteiger partial charge on any atom is -0.372 e. The topological polar surface area (TPSA) is 65.0 Å². The standard InChI is InChI=1S/C32H30N6/c1-5-25-8-12-27(13-9-25)33-23-26-10-14-28(15-11-26)35-37-32-21-18-30(22-24(32)4)36-34-29-16-19-31(20-17-29)38(6-2)7-3/h1,8-23H,6-7H2,2-4H3. The third-order valence-corrected chi connectivity index (χ3v) is 6.00. The molecule has 0 radical (unpaired) electrons. The Hall–Kier alpha value is -4.89. The van der Waals surface area contributed by atoms with Crippen LogP contribution in [0.25, 0.3) is 0 Å². The minimum atomic E-state index is 0.761. The van der Waals surface area contributed by atoms with E-state index >= 15 is 0 Å². The lowest BCUT2D eigenvalue weighted by molar-refractivity contribution is 0.866. The Bertz CT molecular complexity index is 1470. The van der Waals surface area contributed by atoms with Gasteiger partial charge in [0.15, 0.2) is 0 Å². The molecule has 0 bridgehead atoms. The molecule has 6 nitrogen and oxygen atoms in total. The van der Waals surface area contributed by atoms with Crippen LogP contribution in [0.5, 0.6) is 0 Å². The summed E-state index contributed by atoms with van der Waals surface area (Å²) in [5.74, 6) is 2.60. The van der Waals surface area contributed by atoms with E-state index in [0.717, 1.165) is 58.2 Å². The number of benzene rings is 4. The van der Waals surface area contributed by atoms with E-state index < -0.39 is 0 Å². The molecular weight excluding hydrogens is 468 g/mol. The molecule has 0 N–H and O–H groups in total. The van der Waals surface area contributed by atoms with E-state index in [1.54, 1.807) is 0 Å². The van der Waals surface area contributed by atoms with Crippen LogP contribution in [0.4, 0.5) is 34.1 Å². The summed E-state index contributed by atoms with van der Waals surface area (Å²) in [6.45, 7) is 8.24. The summed E-state index contributed by atoms with van der Waals surface area (Å²) in [5, 5.41) is 17.6. The van der Waals surface area contributed by atoms with Gasteiger partial charge in [0.2, 0.25) is 0 Å². The van der Waals surface area contributed by atoms with Gasteiger partial charge >= 0.3 is 0 Å². The van der Waals surface area contributed by atoms with Crippen molar-refractivity contribution < 1.29 is 0 Å². The summed E-state index contributed by atoms with van der Waals surface area (Å²) in [4.78, 5) is 6.78. The Morgan fingerprint density at radius 1 is 0.684 bits per heavy atom. The highest BCUT2D eigenvalue weighted by Crippen LogP contribution is 2.28. The van der Waals surface area contributed by atoms with Gasteiger partial charge in [-0.1, -0.05) is 18.1 Å². The Morgan fingerprint density at radius 3 is 1.84 bits per heavy atom. The van der Waals surface area contributed by atoms with Crippen molar-refractivity contribution in [2.75, 3.05) is 18.0 Å². The normalized spacial score (nSPS) is 11.4. The van der Waals surface area contributed by atoms with Crippen LogP contribution in [-0.2, 0) is 0 Å². The monoisotopic (exact) mass is 498 g/mol. The van der Waals surface area contributed by atoms with E-state index in [2.05, 4.69) is 62.2 Å². The highest BCUT2D eigenvalue weighted by atomic mass is 15.1. The average Bonchev–Trinajstić information content (AvgIpc) is 2.96. The number of anilines is 1. The van der Waals surface area contributed by atoms with E-state index in [1.807, 2.05) is 92.0 Å². The van der Waals surface area contributed by atoms with Gasteiger partial charge in [-0.05, 0) is 111 Å². The smallest absolute Gasteiger partial charge is 0.0887 e. The summed E-state index contributed by atoms with van der Waals surface area (Å²) in [6, 6.07) is 29.2. The van der Waals surface area contributed by atoms with Gasteiger partial charge in [-0.25, -0.2) is 0 Å². The fourth-order valence-electron chi connectivity index (χ4n) is 3.78. The van der Waals surface area contributed by atoms with Gasteiger partial charge in [-0.3, -0.25) is 4.99 Å². The first kappa shape index (κ1) is 26.2. The number of rotatable bonds is 9. The van der Waals surface area contributed by atoms with Crippen LogP contribution >= 0.6 is 0 Å². The predicted molar refractivity (Wildman–Crippen MR) is 158 cm³/mol. The molecule has 0 aliphatic heterocycles. The van der Waals surface area contributed by atoms with Gasteiger partial charge in [0, 0.05) is 30.6 Å². The lowest BCUT2D eigenvalue weighted by Gasteiger charge is -2.20. The molecule has 0 aromatic heterocycles. The number of aliphatic imine (C=N–C) groups is 1. The Labute approximate surface area is 224 Å². The molecule has 0 saturated carbocycles. The summed E-state index contributed by atoms with van der Waals surface area (Å²) in [6.07, 6.45) is 7.20. The van der Waals surface area contributed by atoms with Crippen LogP contribution in [0.15, 0.2) is 116 Å². The molecule has 4 aromatic rings. The fraction of sp³-hybridized carbons (Fsp3) is 0.156. The van der Waals surface area contributed by atoms with E-state index in [1.165, 1.54) is 5.69 Å². The molecule has 4 rings (SSSR count). The molecule has 0 amide bonds. The van der Waals surface area contributed by atoms with Crippen LogP contribution < -0.4 is 4.90 Å². The second-order valence-corrected chi connectivity index (χ2v) is 8.60. The van der Waals surface area contributed by atoms with Gasteiger partial charge in [0.05, 0.1) is 28.4 Å². The Kier molecular flexibility index (Phi) is 8.88. The second kappa shape index (κ2) is 12.9. The van der Waals surface area contributed by atoms with Gasteiger partial charge in [0.1, 0.15) is 0 Å². The molecule has 4 aromatic carbocycles. The maximum atomic E-state index is 5.39.